The number of amides is 1. The van der Waals surface area contributed by atoms with E-state index in [0.717, 1.165) is 0 Å². The zero-order valence-electron chi connectivity index (χ0n) is 14.1. The second-order valence-corrected chi connectivity index (χ2v) is 6.04. The Kier molecular flexibility index (Phi) is 5.62. The van der Waals surface area contributed by atoms with Crippen molar-refractivity contribution in [3.8, 4) is 5.75 Å². The lowest BCUT2D eigenvalue weighted by Crippen LogP contribution is -2.39. The van der Waals surface area contributed by atoms with Crippen LogP contribution in [0.5, 0.6) is 5.75 Å². The summed E-state index contributed by atoms with van der Waals surface area (Å²) >= 11 is 5.82. The maximum absolute atomic E-state index is 12.4. The van der Waals surface area contributed by atoms with Gasteiger partial charge in [0.1, 0.15) is 17.4 Å². The van der Waals surface area contributed by atoms with Crippen LogP contribution in [0, 0.1) is 13.8 Å². The van der Waals surface area contributed by atoms with Crippen molar-refractivity contribution in [3.05, 3.63) is 56.5 Å². The van der Waals surface area contributed by atoms with Crippen molar-refractivity contribution in [1.82, 2.24) is 15.1 Å². The van der Waals surface area contributed by atoms with Crippen molar-refractivity contribution < 1.29 is 9.53 Å². The quantitative estimate of drug-likeness (QED) is 0.898. The average molecular weight is 350 g/mol. The Labute approximate surface area is 145 Å². The minimum absolute atomic E-state index is 0.115. The van der Waals surface area contributed by atoms with Gasteiger partial charge in [-0.2, -0.15) is 5.10 Å². The summed E-state index contributed by atoms with van der Waals surface area (Å²) < 4.78 is 6.87. The van der Waals surface area contributed by atoms with Crippen LogP contribution in [-0.4, -0.2) is 28.3 Å². The molecule has 1 unspecified atom stereocenters. The van der Waals surface area contributed by atoms with E-state index in [9.17, 15) is 9.59 Å². The number of benzene rings is 1. The van der Waals surface area contributed by atoms with Crippen LogP contribution in [0.25, 0.3) is 0 Å². The smallest absolute Gasteiger partial charge is 0.279 e. The predicted octanol–water partition coefficient (Wildman–Crippen LogP) is 2.25. The van der Waals surface area contributed by atoms with E-state index in [1.54, 1.807) is 38.1 Å². The molecule has 2 aromatic rings. The normalized spacial score (nSPS) is 11.9. The van der Waals surface area contributed by atoms with E-state index >= 15 is 0 Å². The molecular formula is C17H20ClN3O3. The van der Waals surface area contributed by atoms with Crippen LogP contribution in [0.3, 0.4) is 0 Å². The molecule has 0 aliphatic carbocycles. The molecular weight excluding hydrogens is 330 g/mol. The number of aromatic nitrogens is 2. The Morgan fingerprint density at radius 2 is 1.96 bits per heavy atom. The summed E-state index contributed by atoms with van der Waals surface area (Å²) in [4.78, 5) is 24.5. The van der Waals surface area contributed by atoms with Gasteiger partial charge in [0, 0.05) is 12.1 Å². The van der Waals surface area contributed by atoms with Crippen molar-refractivity contribution in [3.63, 3.8) is 0 Å². The minimum atomic E-state index is -0.426. The van der Waals surface area contributed by atoms with Gasteiger partial charge in [0.25, 0.3) is 11.5 Å². The summed E-state index contributed by atoms with van der Waals surface area (Å²) in [5.41, 5.74) is 0.931. The molecule has 7 heteroatoms. The third-order valence-corrected chi connectivity index (χ3v) is 3.91. The molecule has 1 heterocycles. The second kappa shape index (κ2) is 7.49. The van der Waals surface area contributed by atoms with E-state index in [2.05, 4.69) is 10.4 Å². The lowest BCUT2D eigenvalue weighted by atomic mass is 10.1. The molecule has 1 N–H and O–H groups in total. The lowest BCUT2D eigenvalue weighted by molar-refractivity contribution is 0.0929. The molecule has 0 aliphatic heterocycles. The van der Waals surface area contributed by atoms with Gasteiger partial charge >= 0.3 is 0 Å². The van der Waals surface area contributed by atoms with Crippen LogP contribution >= 0.6 is 11.6 Å². The SMILES string of the molecule is Cc1nn(C)c(=O)c(C(=O)NCC(C)Oc2ccc(Cl)cc2)c1C. The van der Waals surface area contributed by atoms with E-state index in [1.807, 2.05) is 6.92 Å². The third kappa shape index (κ3) is 4.14. The number of hydrogen-bond acceptors (Lipinski definition) is 4. The highest BCUT2D eigenvalue weighted by Crippen LogP contribution is 2.16. The molecule has 0 bridgehead atoms. The Balaban J connectivity index is 2.03. The summed E-state index contributed by atoms with van der Waals surface area (Å²) in [7, 11) is 1.53. The standard InChI is InChI=1S/C17H20ClN3O3/c1-10(24-14-7-5-13(18)6-8-14)9-19-16(22)15-11(2)12(3)20-21(4)17(15)23/h5-8,10H,9H2,1-4H3,(H,19,22). The number of carbonyl (C=O) groups excluding carboxylic acids is 1. The van der Waals surface area contributed by atoms with Gasteiger partial charge < -0.3 is 10.1 Å². The number of nitrogens with zero attached hydrogens (tertiary/aromatic N) is 2. The molecule has 1 aromatic heterocycles. The number of carbonyl (C=O) groups is 1. The fourth-order valence-electron chi connectivity index (χ4n) is 2.23. The fourth-order valence-corrected chi connectivity index (χ4v) is 2.35. The van der Waals surface area contributed by atoms with Crippen LogP contribution in [0.4, 0.5) is 0 Å². The molecule has 2 rings (SSSR count). The molecule has 1 atom stereocenters. The third-order valence-electron chi connectivity index (χ3n) is 3.65. The number of rotatable bonds is 5. The van der Waals surface area contributed by atoms with Crippen molar-refractivity contribution >= 4 is 17.5 Å². The van der Waals surface area contributed by atoms with Gasteiger partial charge in [0.05, 0.1) is 12.2 Å². The number of aryl methyl sites for hydroxylation is 2. The Morgan fingerprint density at radius 1 is 1.33 bits per heavy atom. The monoisotopic (exact) mass is 349 g/mol. The molecule has 0 saturated heterocycles. The molecule has 1 aromatic carbocycles. The van der Waals surface area contributed by atoms with Gasteiger partial charge in [-0.05, 0) is 50.6 Å². The highest BCUT2D eigenvalue weighted by molar-refractivity contribution is 6.30. The van der Waals surface area contributed by atoms with Gasteiger partial charge in [0.15, 0.2) is 0 Å². The van der Waals surface area contributed by atoms with Crippen molar-refractivity contribution in [2.24, 2.45) is 7.05 Å². The maximum Gasteiger partial charge on any atom is 0.279 e. The van der Waals surface area contributed by atoms with Crippen molar-refractivity contribution in [2.45, 2.75) is 26.9 Å². The van der Waals surface area contributed by atoms with Gasteiger partial charge in [-0.15, -0.1) is 0 Å². The second-order valence-electron chi connectivity index (χ2n) is 5.61. The highest BCUT2D eigenvalue weighted by Gasteiger charge is 2.18. The van der Waals surface area contributed by atoms with E-state index in [0.29, 0.717) is 22.0 Å². The van der Waals surface area contributed by atoms with Crippen LogP contribution in [0.15, 0.2) is 29.1 Å². The zero-order valence-corrected chi connectivity index (χ0v) is 14.8. The Bertz CT molecular complexity index is 800. The molecule has 0 aliphatic rings. The van der Waals surface area contributed by atoms with Gasteiger partial charge in [-0.1, -0.05) is 11.6 Å². The number of nitrogens with one attached hydrogen (secondary N) is 1. The van der Waals surface area contributed by atoms with Gasteiger partial charge in [-0.25, -0.2) is 4.68 Å². The average Bonchev–Trinajstić information content (AvgIpc) is 2.53. The first-order chi connectivity index (χ1) is 11.3. The van der Waals surface area contributed by atoms with Crippen molar-refractivity contribution in [2.75, 3.05) is 6.54 Å². The van der Waals surface area contributed by atoms with Crippen LogP contribution in [-0.2, 0) is 7.05 Å². The molecule has 0 saturated carbocycles. The fraction of sp³-hybridized carbons (Fsp3) is 0.353. The summed E-state index contributed by atoms with van der Waals surface area (Å²) in [6.07, 6.45) is -0.262. The van der Waals surface area contributed by atoms with E-state index in [4.69, 9.17) is 16.3 Å². The summed E-state index contributed by atoms with van der Waals surface area (Å²) in [5, 5.41) is 7.43. The van der Waals surface area contributed by atoms with Crippen LogP contribution < -0.4 is 15.6 Å². The zero-order chi connectivity index (χ0) is 17.9. The van der Waals surface area contributed by atoms with Gasteiger partial charge in [-0.3, -0.25) is 9.59 Å². The first-order valence-corrected chi connectivity index (χ1v) is 7.92. The largest absolute Gasteiger partial charge is 0.489 e. The lowest BCUT2D eigenvalue weighted by Gasteiger charge is -2.16. The van der Waals surface area contributed by atoms with Crippen LogP contribution in [0.1, 0.15) is 28.5 Å². The molecule has 6 nitrogen and oxygen atoms in total. The first-order valence-electron chi connectivity index (χ1n) is 7.54. The van der Waals surface area contributed by atoms with E-state index < -0.39 is 11.5 Å². The Morgan fingerprint density at radius 3 is 2.58 bits per heavy atom. The molecule has 0 radical (unpaired) electrons. The minimum Gasteiger partial charge on any atom is -0.489 e. The summed E-state index contributed by atoms with van der Waals surface area (Å²) in [6, 6.07) is 6.98. The van der Waals surface area contributed by atoms with Crippen molar-refractivity contribution in [1.29, 1.82) is 0 Å². The first kappa shape index (κ1) is 18.0. The number of ether oxygens (including phenoxy) is 1. The van der Waals surface area contributed by atoms with E-state index in [1.165, 1.54) is 11.7 Å². The predicted molar refractivity (Wildman–Crippen MR) is 92.8 cm³/mol. The highest BCUT2D eigenvalue weighted by atomic mass is 35.5. The maximum atomic E-state index is 12.4. The molecule has 128 valence electrons. The molecule has 1 amide bonds. The number of halogens is 1. The Hall–Kier alpha value is -2.34. The molecule has 0 spiro atoms. The van der Waals surface area contributed by atoms with E-state index in [-0.39, 0.29) is 18.2 Å². The topological polar surface area (TPSA) is 73.2 Å². The summed E-state index contributed by atoms with van der Waals surface area (Å²) in [5.74, 6) is 0.234. The summed E-state index contributed by atoms with van der Waals surface area (Å²) in [6.45, 7) is 5.58. The number of hydrogen-bond donors (Lipinski definition) is 1. The van der Waals surface area contributed by atoms with Crippen LogP contribution in [0.2, 0.25) is 5.02 Å². The van der Waals surface area contributed by atoms with Gasteiger partial charge in [0.2, 0.25) is 0 Å². The molecule has 0 fully saturated rings. The molecule has 24 heavy (non-hydrogen) atoms.